The number of nitriles is 1. The van der Waals surface area contributed by atoms with E-state index in [2.05, 4.69) is 41.7 Å². The Kier molecular flexibility index (Phi) is 4.26. The van der Waals surface area contributed by atoms with E-state index >= 15 is 0 Å². The van der Waals surface area contributed by atoms with Gasteiger partial charge in [-0.15, -0.1) is 0 Å². The van der Waals surface area contributed by atoms with Crippen LogP contribution in [-0.4, -0.2) is 5.11 Å². The van der Waals surface area contributed by atoms with Crippen molar-refractivity contribution < 1.29 is 5.11 Å². The zero-order valence-corrected chi connectivity index (χ0v) is 12.5. The summed E-state index contributed by atoms with van der Waals surface area (Å²) < 4.78 is 0. The van der Waals surface area contributed by atoms with Crippen LogP contribution < -0.4 is 5.32 Å². The van der Waals surface area contributed by atoms with E-state index in [0.29, 0.717) is 6.54 Å². The number of anilines is 1. The minimum Gasteiger partial charge on any atom is -0.506 e. The fourth-order valence-corrected chi connectivity index (χ4v) is 2.39. The summed E-state index contributed by atoms with van der Waals surface area (Å²) in [7, 11) is 0. The van der Waals surface area contributed by atoms with Crippen molar-refractivity contribution in [3.05, 3.63) is 83.9 Å². The lowest BCUT2D eigenvalue weighted by atomic mass is 10.0. The summed E-state index contributed by atoms with van der Waals surface area (Å²) in [5.74, 6) is -0.00285. The van der Waals surface area contributed by atoms with E-state index in [0.717, 1.165) is 11.3 Å². The number of phenols is 1. The van der Waals surface area contributed by atoms with Gasteiger partial charge in [-0.2, -0.15) is 5.26 Å². The van der Waals surface area contributed by atoms with E-state index in [-0.39, 0.29) is 11.3 Å². The molecule has 112 valence electrons. The molecule has 0 unspecified atom stereocenters. The maximum Gasteiger partial charge on any atom is 0.135 e. The van der Waals surface area contributed by atoms with Crippen molar-refractivity contribution in [2.24, 2.45) is 0 Å². The Hall–Kier alpha value is -3.25. The van der Waals surface area contributed by atoms with Gasteiger partial charge >= 0.3 is 0 Å². The first kappa shape index (κ1) is 14.7. The first-order valence-corrected chi connectivity index (χ1v) is 7.37. The van der Waals surface area contributed by atoms with E-state index in [4.69, 9.17) is 5.26 Å². The van der Waals surface area contributed by atoms with Gasteiger partial charge in [0.05, 0.1) is 5.56 Å². The second-order valence-electron chi connectivity index (χ2n) is 5.26. The highest BCUT2D eigenvalue weighted by molar-refractivity contribution is 5.63. The Balaban J connectivity index is 1.67. The molecule has 3 aromatic rings. The standard InChI is InChI=1S/C20H16N2O/c21-13-18-10-11-19(12-20(18)23)22-14-15-6-8-17(9-7-15)16-4-2-1-3-5-16/h1-12,22-23H,14H2. The lowest BCUT2D eigenvalue weighted by Crippen LogP contribution is -1.99. The SMILES string of the molecule is N#Cc1ccc(NCc2ccc(-c3ccccc3)cc2)cc1O. The van der Waals surface area contributed by atoms with Gasteiger partial charge in [0.25, 0.3) is 0 Å². The van der Waals surface area contributed by atoms with E-state index in [9.17, 15) is 5.11 Å². The van der Waals surface area contributed by atoms with Crippen LogP contribution in [0, 0.1) is 11.3 Å². The molecule has 0 fully saturated rings. The van der Waals surface area contributed by atoms with Crippen LogP contribution in [0.2, 0.25) is 0 Å². The zero-order valence-electron chi connectivity index (χ0n) is 12.5. The Bertz CT molecular complexity index is 834. The monoisotopic (exact) mass is 300 g/mol. The van der Waals surface area contributed by atoms with Gasteiger partial charge in [-0.1, -0.05) is 54.6 Å². The Morgan fingerprint density at radius 3 is 2.22 bits per heavy atom. The van der Waals surface area contributed by atoms with Crippen molar-refractivity contribution in [2.75, 3.05) is 5.32 Å². The lowest BCUT2D eigenvalue weighted by molar-refractivity contribution is 0.474. The molecule has 0 aliphatic rings. The molecule has 0 atom stereocenters. The highest BCUT2D eigenvalue weighted by Gasteiger charge is 2.02. The summed E-state index contributed by atoms with van der Waals surface area (Å²) in [5, 5.41) is 21.7. The number of aromatic hydroxyl groups is 1. The van der Waals surface area contributed by atoms with Crippen molar-refractivity contribution in [3.8, 4) is 22.9 Å². The van der Waals surface area contributed by atoms with E-state index in [1.807, 2.05) is 24.3 Å². The predicted molar refractivity (Wildman–Crippen MR) is 92.0 cm³/mol. The summed E-state index contributed by atoms with van der Waals surface area (Å²) in [6, 6.07) is 25.5. The average Bonchev–Trinajstić information content (AvgIpc) is 2.61. The van der Waals surface area contributed by atoms with Gasteiger partial charge in [0.15, 0.2) is 0 Å². The number of hydrogen-bond acceptors (Lipinski definition) is 3. The first-order chi connectivity index (χ1) is 11.3. The van der Waals surface area contributed by atoms with Crippen LogP contribution in [-0.2, 0) is 6.54 Å². The van der Waals surface area contributed by atoms with E-state index in [1.54, 1.807) is 18.2 Å². The molecule has 0 heterocycles. The molecule has 0 saturated carbocycles. The Morgan fingerprint density at radius 2 is 1.57 bits per heavy atom. The molecule has 2 N–H and O–H groups in total. The van der Waals surface area contributed by atoms with Crippen LogP contribution in [0.15, 0.2) is 72.8 Å². The quantitative estimate of drug-likeness (QED) is 0.743. The number of rotatable bonds is 4. The molecular weight excluding hydrogens is 284 g/mol. The summed E-state index contributed by atoms with van der Waals surface area (Å²) in [4.78, 5) is 0. The van der Waals surface area contributed by atoms with E-state index in [1.165, 1.54) is 11.1 Å². The van der Waals surface area contributed by atoms with Crippen molar-refractivity contribution in [2.45, 2.75) is 6.54 Å². The Labute approximate surface area is 135 Å². The second-order valence-corrected chi connectivity index (χ2v) is 5.26. The van der Waals surface area contributed by atoms with Crippen LogP contribution in [0.5, 0.6) is 5.75 Å². The van der Waals surface area contributed by atoms with Gasteiger partial charge < -0.3 is 10.4 Å². The average molecular weight is 300 g/mol. The van der Waals surface area contributed by atoms with Crippen LogP contribution in [0.4, 0.5) is 5.69 Å². The molecule has 3 aromatic carbocycles. The minimum absolute atomic E-state index is 0.00285. The van der Waals surface area contributed by atoms with Gasteiger partial charge in [-0.3, -0.25) is 0 Å². The maximum atomic E-state index is 9.69. The van der Waals surface area contributed by atoms with Crippen molar-refractivity contribution in [3.63, 3.8) is 0 Å². The smallest absolute Gasteiger partial charge is 0.135 e. The topological polar surface area (TPSA) is 56.0 Å². The number of hydrogen-bond donors (Lipinski definition) is 2. The highest BCUT2D eigenvalue weighted by atomic mass is 16.3. The summed E-state index contributed by atoms with van der Waals surface area (Å²) in [6.07, 6.45) is 0. The van der Waals surface area contributed by atoms with Gasteiger partial charge in [0.1, 0.15) is 11.8 Å². The molecule has 0 saturated heterocycles. The molecule has 0 bridgehead atoms. The second kappa shape index (κ2) is 6.67. The normalized spacial score (nSPS) is 10.0. The van der Waals surface area contributed by atoms with Gasteiger partial charge in [0.2, 0.25) is 0 Å². The number of nitrogens with zero attached hydrogens (tertiary/aromatic N) is 1. The number of benzene rings is 3. The van der Waals surface area contributed by atoms with Gasteiger partial charge in [-0.25, -0.2) is 0 Å². The van der Waals surface area contributed by atoms with Crippen molar-refractivity contribution >= 4 is 5.69 Å². The molecule has 0 spiro atoms. The molecule has 3 heteroatoms. The molecule has 3 rings (SSSR count). The first-order valence-electron chi connectivity index (χ1n) is 7.37. The largest absolute Gasteiger partial charge is 0.506 e. The van der Waals surface area contributed by atoms with Crippen molar-refractivity contribution in [1.29, 1.82) is 5.26 Å². The molecule has 23 heavy (non-hydrogen) atoms. The van der Waals surface area contributed by atoms with Crippen LogP contribution >= 0.6 is 0 Å². The number of phenolic OH excluding ortho intramolecular Hbond substituents is 1. The molecule has 0 aliphatic carbocycles. The highest BCUT2D eigenvalue weighted by Crippen LogP contribution is 2.22. The third kappa shape index (κ3) is 3.50. The predicted octanol–water partition coefficient (Wildman–Crippen LogP) is 4.54. The van der Waals surface area contributed by atoms with Crippen molar-refractivity contribution in [1.82, 2.24) is 0 Å². The third-order valence-corrected chi connectivity index (χ3v) is 3.68. The fraction of sp³-hybridized carbons (Fsp3) is 0.0500. The molecule has 0 amide bonds. The van der Waals surface area contributed by atoms with Gasteiger partial charge in [-0.05, 0) is 28.8 Å². The summed E-state index contributed by atoms with van der Waals surface area (Å²) in [6.45, 7) is 0.653. The number of nitrogens with one attached hydrogen (secondary N) is 1. The van der Waals surface area contributed by atoms with Crippen LogP contribution in [0.25, 0.3) is 11.1 Å². The summed E-state index contributed by atoms with van der Waals surface area (Å²) in [5.41, 5.74) is 4.60. The van der Waals surface area contributed by atoms with Gasteiger partial charge in [0, 0.05) is 18.3 Å². The zero-order chi connectivity index (χ0) is 16.1. The molecule has 0 aliphatic heterocycles. The molecule has 0 aromatic heterocycles. The molecule has 0 radical (unpaired) electrons. The minimum atomic E-state index is -0.00285. The molecular formula is C20H16N2O. The summed E-state index contributed by atoms with van der Waals surface area (Å²) >= 11 is 0. The Morgan fingerprint density at radius 1 is 0.870 bits per heavy atom. The lowest BCUT2D eigenvalue weighted by Gasteiger charge is -2.08. The fourth-order valence-electron chi connectivity index (χ4n) is 2.39. The molecule has 3 nitrogen and oxygen atoms in total. The van der Waals surface area contributed by atoms with Crippen LogP contribution in [0.3, 0.4) is 0 Å². The van der Waals surface area contributed by atoms with Crippen LogP contribution in [0.1, 0.15) is 11.1 Å². The third-order valence-electron chi connectivity index (χ3n) is 3.68. The maximum absolute atomic E-state index is 9.69. The van der Waals surface area contributed by atoms with E-state index < -0.39 is 0 Å².